The van der Waals surface area contributed by atoms with Crippen LogP contribution in [0.5, 0.6) is 0 Å². The van der Waals surface area contributed by atoms with Gasteiger partial charge in [0.25, 0.3) is 10.0 Å². The Morgan fingerprint density at radius 1 is 1.47 bits per heavy atom. The van der Waals surface area contributed by atoms with Crippen molar-refractivity contribution in [1.29, 1.82) is 0 Å². The van der Waals surface area contributed by atoms with E-state index in [-0.39, 0.29) is 12.6 Å². The maximum absolute atomic E-state index is 12.7. The summed E-state index contributed by atoms with van der Waals surface area (Å²) in [6, 6.07) is 1.88. The van der Waals surface area contributed by atoms with Crippen LogP contribution in [0.4, 0.5) is 0 Å². The summed E-state index contributed by atoms with van der Waals surface area (Å²) in [5.41, 5.74) is 0.859. The fraction of sp³-hybridized carbons (Fsp3) is 0.692. The van der Waals surface area contributed by atoms with Gasteiger partial charge in [-0.1, -0.05) is 13.3 Å². The highest BCUT2D eigenvalue weighted by atomic mass is 32.2. The van der Waals surface area contributed by atoms with E-state index >= 15 is 0 Å². The monoisotopic (exact) mass is 303 g/mol. The van der Waals surface area contributed by atoms with E-state index in [1.807, 2.05) is 6.92 Å². The van der Waals surface area contributed by atoms with E-state index in [1.54, 1.807) is 10.4 Å². The van der Waals surface area contributed by atoms with Crippen molar-refractivity contribution in [2.24, 2.45) is 0 Å². The second kappa shape index (κ2) is 5.91. The molecule has 0 amide bonds. The van der Waals surface area contributed by atoms with Gasteiger partial charge in [0.2, 0.25) is 0 Å². The molecule has 4 nitrogen and oxygen atoms in total. The maximum atomic E-state index is 12.7. The first-order valence-corrected chi connectivity index (χ1v) is 8.98. The third-order valence-corrected chi connectivity index (χ3v) is 7.01. The molecule has 0 saturated heterocycles. The first kappa shape index (κ1) is 15.0. The fourth-order valence-electron chi connectivity index (χ4n) is 2.06. The van der Waals surface area contributed by atoms with Gasteiger partial charge < -0.3 is 5.11 Å². The molecule has 2 rings (SSSR count). The summed E-state index contributed by atoms with van der Waals surface area (Å²) in [5.74, 6) is 0. The Labute approximate surface area is 119 Å². The molecule has 1 aliphatic rings. The molecule has 19 heavy (non-hydrogen) atoms. The number of sulfonamides is 1. The van der Waals surface area contributed by atoms with Gasteiger partial charge in [0, 0.05) is 17.5 Å². The van der Waals surface area contributed by atoms with Crippen molar-refractivity contribution in [2.45, 2.75) is 56.4 Å². The molecule has 1 aliphatic carbocycles. The quantitative estimate of drug-likeness (QED) is 0.842. The van der Waals surface area contributed by atoms with Crippen LogP contribution in [-0.2, 0) is 16.6 Å². The molecule has 0 unspecified atom stereocenters. The van der Waals surface area contributed by atoms with Crippen LogP contribution in [0.1, 0.15) is 43.0 Å². The van der Waals surface area contributed by atoms with Gasteiger partial charge in [-0.05, 0) is 37.8 Å². The minimum absolute atomic E-state index is 0.0928. The lowest BCUT2D eigenvalue weighted by molar-refractivity contribution is 0.285. The topological polar surface area (TPSA) is 57.6 Å². The minimum Gasteiger partial charge on any atom is -0.391 e. The summed E-state index contributed by atoms with van der Waals surface area (Å²) < 4.78 is 27.3. The van der Waals surface area contributed by atoms with Gasteiger partial charge in [-0.2, -0.15) is 4.31 Å². The van der Waals surface area contributed by atoms with E-state index in [0.29, 0.717) is 10.8 Å². The number of rotatable bonds is 7. The molecule has 0 aliphatic heterocycles. The smallest absolute Gasteiger partial charge is 0.252 e. The van der Waals surface area contributed by atoms with Gasteiger partial charge in [-0.3, -0.25) is 0 Å². The van der Waals surface area contributed by atoms with Crippen LogP contribution in [0.15, 0.2) is 10.3 Å². The Morgan fingerprint density at radius 3 is 2.63 bits per heavy atom. The van der Waals surface area contributed by atoms with Gasteiger partial charge in [0.15, 0.2) is 0 Å². The van der Waals surface area contributed by atoms with Crippen LogP contribution >= 0.6 is 11.3 Å². The third kappa shape index (κ3) is 3.18. The molecular formula is C13H21NO3S2. The molecule has 108 valence electrons. The highest BCUT2D eigenvalue weighted by Crippen LogP contribution is 2.35. The zero-order chi connectivity index (χ0) is 14.0. The molecule has 0 radical (unpaired) electrons. The van der Waals surface area contributed by atoms with Crippen LogP contribution in [0.2, 0.25) is 0 Å². The van der Waals surface area contributed by atoms with E-state index in [2.05, 4.69) is 6.92 Å². The first-order valence-electron chi connectivity index (χ1n) is 6.72. The van der Waals surface area contributed by atoms with Crippen molar-refractivity contribution in [3.8, 4) is 0 Å². The van der Waals surface area contributed by atoms with E-state index in [1.165, 1.54) is 11.3 Å². The van der Waals surface area contributed by atoms with E-state index in [4.69, 9.17) is 0 Å². The average Bonchev–Trinajstić information content (AvgIpc) is 3.11. The number of thiophene rings is 1. The lowest BCUT2D eigenvalue weighted by atomic mass is 10.3. The second-order valence-electron chi connectivity index (χ2n) is 5.03. The van der Waals surface area contributed by atoms with Gasteiger partial charge in [-0.25, -0.2) is 8.42 Å². The van der Waals surface area contributed by atoms with Crippen molar-refractivity contribution in [1.82, 2.24) is 4.31 Å². The van der Waals surface area contributed by atoms with Crippen molar-refractivity contribution < 1.29 is 13.5 Å². The summed E-state index contributed by atoms with van der Waals surface area (Å²) >= 11 is 1.19. The number of aliphatic hydroxyl groups excluding tert-OH is 1. The van der Waals surface area contributed by atoms with Gasteiger partial charge in [0.05, 0.1) is 6.61 Å². The number of hydrogen-bond donors (Lipinski definition) is 1. The van der Waals surface area contributed by atoms with Crippen LogP contribution in [0, 0.1) is 6.92 Å². The van der Waals surface area contributed by atoms with E-state index in [0.717, 1.165) is 36.1 Å². The predicted octanol–water partition coefficient (Wildman–Crippen LogP) is 2.50. The van der Waals surface area contributed by atoms with Crippen LogP contribution in [-0.4, -0.2) is 30.4 Å². The standard InChI is InChI=1S/C13H21NO3S2/c1-3-4-7-14(11-5-6-11)19(16,17)13-8-10(2)12(9-15)18-13/h8,11,15H,3-7,9H2,1-2H3. The average molecular weight is 303 g/mol. The molecule has 1 N–H and O–H groups in total. The van der Waals surface area contributed by atoms with Crippen molar-refractivity contribution >= 4 is 21.4 Å². The van der Waals surface area contributed by atoms with Crippen molar-refractivity contribution in [3.05, 3.63) is 16.5 Å². The van der Waals surface area contributed by atoms with Crippen LogP contribution in [0.25, 0.3) is 0 Å². The molecule has 0 bridgehead atoms. The number of unbranched alkanes of at least 4 members (excludes halogenated alkanes) is 1. The van der Waals surface area contributed by atoms with E-state index < -0.39 is 10.0 Å². The molecule has 0 atom stereocenters. The SMILES string of the molecule is CCCCN(C1CC1)S(=O)(=O)c1cc(C)c(CO)s1. The van der Waals surface area contributed by atoms with Gasteiger partial charge >= 0.3 is 0 Å². The Hall–Kier alpha value is -0.430. The number of nitrogens with zero attached hydrogens (tertiary/aromatic N) is 1. The summed E-state index contributed by atoms with van der Waals surface area (Å²) in [7, 11) is -3.38. The fourth-order valence-corrected chi connectivity index (χ4v) is 5.37. The number of aryl methyl sites for hydroxylation is 1. The maximum Gasteiger partial charge on any atom is 0.252 e. The highest BCUT2D eigenvalue weighted by molar-refractivity contribution is 7.91. The molecule has 1 heterocycles. The van der Waals surface area contributed by atoms with Crippen LogP contribution < -0.4 is 0 Å². The normalized spacial score (nSPS) is 16.2. The molecule has 1 fully saturated rings. The molecular weight excluding hydrogens is 282 g/mol. The molecule has 1 aromatic heterocycles. The highest BCUT2D eigenvalue weighted by Gasteiger charge is 2.38. The van der Waals surface area contributed by atoms with E-state index in [9.17, 15) is 13.5 Å². The largest absolute Gasteiger partial charge is 0.391 e. The lowest BCUT2D eigenvalue weighted by Crippen LogP contribution is -2.33. The second-order valence-corrected chi connectivity index (χ2v) is 8.28. The summed E-state index contributed by atoms with van der Waals surface area (Å²) in [4.78, 5) is 0.741. The van der Waals surface area contributed by atoms with Gasteiger partial charge in [-0.15, -0.1) is 11.3 Å². The van der Waals surface area contributed by atoms with Crippen LogP contribution in [0.3, 0.4) is 0 Å². The Bertz CT molecular complexity index is 532. The lowest BCUT2D eigenvalue weighted by Gasteiger charge is -2.20. The summed E-state index contributed by atoms with van der Waals surface area (Å²) in [6.45, 7) is 4.42. The number of aliphatic hydroxyl groups is 1. The van der Waals surface area contributed by atoms with Gasteiger partial charge in [0.1, 0.15) is 4.21 Å². The molecule has 6 heteroatoms. The summed E-state index contributed by atoms with van der Waals surface area (Å²) in [5, 5.41) is 9.20. The zero-order valence-electron chi connectivity index (χ0n) is 11.4. The minimum atomic E-state index is -3.38. The Balaban J connectivity index is 2.27. The van der Waals surface area contributed by atoms with Crippen molar-refractivity contribution in [3.63, 3.8) is 0 Å². The zero-order valence-corrected chi connectivity index (χ0v) is 13.1. The Kier molecular flexibility index (Phi) is 4.66. The number of hydrogen-bond acceptors (Lipinski definition) is 4. The van der Waals surface area contributed by atoms with Crippen molar-refractivity contribution in [2.75, 3.05) is 6.54 Å². The molecule has 0 spiro atoms. The molecule has 0 aromatic carbocycles. The predicted molar refractivity (Wildman–Crippen MR) is 76.8 cm³/mol. The molecule has 1 saturated carbocycles. The first-order chi connectivity index (χ1) is 9.00. The molecule has 1 aromatic rings. The summed E-state index contributed by atoms with van der Waals surface area (Å²) in [6.07, 6.45) is 3.83. The third-order valence-electron chi connectivity index (χ3n) is 3.39. The Morgan fingerprint density at radius 2 is 2.16 bits per heavy atom.